The van der Waals surface area contributed by atoms with Crippen LogP contribution in [0.1, 0.15) is 11.6 Å². The van der Waals surface area contributed by atoms with Gasteiger partial charge in [-0.1, -0.05) is 0 Å². The van der Waals surface area contributed by atoms with Crippen LogP contribution in [0.4, 0.5) is 13.2 Å². The van der Waals surface area contributed by atoms with Gasteiger partial charge < -0.3 is 0 Å². The predicted molar refractivity (Wildman–Crippen MR) is 45.1 cm³/mol. The molecule has 1 unspecified atom stereocenters. The molecule has 0 radical (unpaired) electrons. The van der Waals surface area contributed by atoms with Gasteiger partial charge in [-0.15, -0.1) is 0 Å². The molecule has 0 aliphatic carbocycles. The summed E-state index contributed by atoms with van der Waals surface area (Å²) in [4.78, 5) is 3.41. The van der Waals surface area contributed by atoms with Gasteiger partial charge >= 0.3 is 5.38 Å². The Kier molecular flexibility index (Phi) is 3.30. The van der Waals surface area contributed by atoms with Crippen molar-refractivity contribution in [1.82, 2.24) is 10.4 Å². The fourth-order valence-electron chi connectivity index (χ4n) is 0.981. The van der Waals surface area contributed by atoms with E-state index in [0.717, 1.165) is 12.3 Å². The number of halogens is 4. The molecule has 0 saturated carbocycles. The average Bonchev–Trinajstić information content (AvgIpc) is 2.07. The Bertz CT molecular complexity index is 315. The fraction of sp³-hybridized carbons (Fsp3) is 0.286. The van der Waals surface area contributed by atoms with Crippen molar-refractivity contribution in [2.24, 2.45) is 5.84 Å². The molecule has 3 nitrogen and oxygen atoms in total. The summed E-state index contributed by atoms with van der Waals surface area (Å²) in [6, 6.07) is -0.706. The van der Waals surface area contributed by atoms with Crippen molar-refractivity contribution < 1.29 is 13.2 Å². The number of rotatable bonds is 3. The van der Waals surface area contributed by atoms with E-state index < -0.39 is 17.2 Å². The Morgan fingerprint density at radius 2 is 2.21 bits per heavy atom. The fourth-order valence-corrected chi connectivity index (χ4v) is 1.16. The molecule has 0 aliphatic heterocycles. The molecule has 0 saturated heterocycles. The van der Waals surface area contributed by atoms with Crippen molar-refractivity contribution in [3.8, 4) is 0 Å². The molecule has 0 spiro atoms. The second-order valence-electron chi connectivity index (χ2n) is 2.54. The first-order valence-corrected chi connectivity index (χ1v) is 3.97. The van der Waals surface area contributed by atoms with Gasteiger partial charge in [-0.05, 0) is 17.7 Å². The van der Waals surface area contributed by atoms with E-state index in [2.05, 4.69) is 4.98 Å². The zero-order valence-corrected chi connectivity index (χ0v) is 7.60. The van der Waals surface area contributed by atoms with Crippen molar-refractivity contribution in [3.05, 3.63) is 29.8 Å². The molecule has 1 aromatic heterocycles. The number of hydrazine groups is 1. The Morgan fingerprint density at radius 1 is 1.57 bits per heavy atom. The van der Waals surface area contributed by atoms with E-state index in [1.54, 1.807) is 5.43 Å². The van der Waals surface area contributed by atoms with Crippen molar-refractivity contribution in [2.75, 3.05) is 0 Å². The number of alkyl halides is 3. The van der Waals surface area contributed by atoms with Gasteiger partial charge in [0.25, 0.3) is 0 Å². The molecule has 0 amide bonds. The highest BCUT2D eigenvalue weighted by molar-refractivity contribution is 6.22. The zero-order chi connectivity index (χ0) is 10.8. The Labute approximate surface area is 83.0 Å². The predicted octanol–water partition coefficient (Wildman–Crippen LogP) is 1.56. The summed E-state index contributed by atoms with van der Waals surface area (Å²) in [5.74, 6) is 3.97. The summed E-state index contributed by atoms with van der Waals surface area (Å²) >= 11 is 4.74. The minimum Gasteiger partial charge on any atom is -0.271 e. The summed E-state index contributed by atoms with van der Waals surface area (Å²) in [5, 5.41) is -3.67. The van der Waals surface area contributed by atoms with Gasteiger partial charge in [-0.2, -0.15) is 8.78 Å². The van der Waals surface area contributed by atoms with Crippen LogP contribution in [-0.4, -0.2) is 10.4 Å². The highest BCUT2D eigenvalue weighted by atomic mass is 35.5. The molecule has 7 heteroatoms. The number of pyridine rings is 1. The van der Waals surface area contributed by atoms with E-state index in [4.69, 9.17) is 17.4 Å². The smallest absolute Gasteiger partial charge is 0.271 e. The molecule has 78 valence electrons. The van der Waals surface area contributed by atoms with E-state index in [-0.39, 0.29) is 5.56 Å². The maximum Gasteiger partial charge on any atom is 0.342 e. The van der Waals surface area contributed by atoms with E-state index in [9.17, 15) is 13.2 Å². The van der Waals surface area contributed by atoms with Gasteiger partial charge in [0.05, 0.1) is 6.20 Å². The standard InChI is InChI=1S/C7H7ClF3N3/c8-7(10,11)6(14-12)4-1-2-13-3-5(4)9/h1-3,6,14H,12H2. The summed E-state index contributed by atoms with van der Waals surface area (Å²) in [5.41, 5.74) is 1.42. The molecule has 1 rings (SSSR count). The molecule has 0 bridgehead atoms. The lowest BCUT2D eigenvalue weighted by Gasteiger charge is -2.20. The van der Waals surface area contributed by atoms with Gasteiger partial charge in [-0.25, -0.2) is 9.82 Å². The highest BCUT2D eigenvalue weighted by Gasteiger charge is 2.39. The van der Waals surface area contributed by atoms with Crippen molar-refractivity contribution in [3.63, 3.8) is 0 Å². The summed E-state index contributed by atoms with van der Waals surface area (Å²) in [7, 11) is 0. The summed E-state index contributed by atoms with van der Waals surface area (Å²) in [6.07, 6.45) is 1.98. The van der Waals surface area contributed by atoms with E-state index in [1.807, 2.05) is 0 Å². The monoisotopic (exact) mass is 225 g/mol. The van der Waals surface area contributed by atoms with E-state index in [1.165, 1.54) is 6.20 Å². The Balaban J connectivity index is 3.08. The maximum absolute atomic E-state index is 13.0. The molecule has 0 aliphatic rings. The number of nitrogens with two attached hydrogens (primary N) is 1. The molecule has 1 atom stereocenters. The lowest BCUT2D eigenvalue weighted by Crippen LogP contribution is -2.38. The van der Waals surface area contributed by atoms with Crippen LogP contribution >= 0.6 is 11.6 Å². The maximum atomic E-state index is 13.0. The number of aromatic nitrogens is 1. The molecule has 3 N–H and O–H groups in total. The van der Waals surface area contributed by atoms with Crippen LogP contribution in [0.3, 0.4) is 0 Å². The second kappa shape index (κ2) is 4.12. The van der Waals surface area contributed by atoms with Crippen LogP contribution in [0.25, 0.3) is 0 Å². The van der Waals surface area contributed by atoms with Crippen molar-refractivity contribution in [1.29, 1.82) is 0 Å². The van der Waals surface area contributed by atoms with Crippen molar-refractivity contribution in [2.45, 2.75) is 11.4 Å². The van der Waals surface area contributed by atoms with Crippen LogP contribution in [0, 0.1) is 5.82 Å². The first-order valence-electron chi connectivity index (χ1n) is 3.59. The third-order valence-corrected chi connectivity index (χ3v) is 1.83. The van der Waals surface area contributed by atoms with Gasteiger partial charge in [0, 0.05) is 11.8 Å². The summed E-state index contributed by atoms with van der Waals surface area (Å²) in [6.45, 7) is 0. The average molecular weight is 226 g/mol. The molecule has 1 heterocycles. The normalized spacial score (nSPS) is 14.1. The molecular weight excluding hydrogens is 219 g/mol. The third kappa shape index (κ3) is 2.34. The van der Waals surface area contributed by atoms with Gasteiger partial charge in [0.2, 0.25) is 0 Å². The Morgan fingerprint density at radius 3 is 2.64 bits per heavy atom. The molecule has 14 heavy (non-hydrogen) atoms. The summed E-state index contributed by atoms with van der Waals surface area (Å²) < 4.78 is 38.4. The van der Waals surface area contributed by atoms with E-state index in [0.29, 0.717) is 0 Å². The number of nitrogens with one attached hydrogen (secondary N) is 1. The SMILES string of the molecule is NNC(c1ccncc1F)C(F)(F)Cl. The van der Waals surface area contributed by atoms with Gasteiger partial charge in [0.1, 0.15) is 11.9 Å². The minimum atomic E-state index is -3.67. The van der Waals surface area contributed by atoms with Crippen LogP contribution in [0.5, 0.6) is 0 Å². The second-order valence-corrected chi connectivity index (χ2v) is 3.04. The van der Waals surface area contributed by atoms with E-state index >= 15 is 0 Å². The van der Waals surface area contributed by atoms with Crippen LogP contribution in [0.15, 0.2) is 18.5 Å². The lowest BCUT2D eigenvalue weighted by molar-refractivity contribution is 0.0482. The molecular formula is C7H7ClF3N3. The van der Waals surface area contributed by atoms with Crippen LogP contribution in [-0.2, 0) is 0 Å². The van der Waals surface area contributed by atoms with Crippen LogP contribution < -0.4 is 11.3 Å². The molecule has 0 fully saturated rings. The largest absolute Gasteiger partial charge is 0.342 e. The van der Waals surface area contributed by atoms with Crippen LogP contribution in [0.2, 0.25) is 0 Å². The molecule has 0 aromatic carbocycles. The van der Waals surface area contributed by atoms with Gasteiger partial charge in [-0.3, -0.25) is 10.8 Å². The Hall–Kier alpha value is -0.850. The number of hydrogen-bond donors (Lipinski definition) is 2. The lowest BCUT2D eigenvalue weighted by atomic mass is 10.1. The zero-order valence-electron chi connectivity index (χ0n) is 6.85. The topological polar surface area (TPSA) is 50.9 Å². The highest BCUT2D eigenvalue weighted by Crippen LogP contribution is 2.34. The number of nitrogens with zero attached hydrogens (tertiary/aromatic N) is 1. The molecule has 1 aromatic rings. The first kappa shape index (κ1) is 11.2. The first-order chi connectivity index (χ1) is 6.46. The van der Waals surface area contributed by atoms with Crippen molar-refractivity contribution >= 4 is 11.6 Å². The number of hydrogen-bond acceptors (Lipinski definition) is 3. The quantitative estimate of drug-likeness (QED) is 0.466. The minimum absolute atomic E-state index is 0.331. The third-order valence-electron chi connectivity index (χ3n) is 1.61. The van der Waals surface area contributed by atoms with Gasteiger partial charge in [0.15, 0.2) is 0 Å².